The van der Waals surface area contributed by atoms with Crippen molar-refractivity contribution < 1.29 is 0 Å². The summed E-state index contributed by atoms with van der Waals surface area (Å²) in [5.74, 6) is 1.52. The molecule has 0 spiro atoms. The molecule has 1 fully saturated rings. The summed E-state index contributed by atoms with van der Waals surface area (Å²) in [6.07, 6.45) is 4.03. The minimum atomic E-state index is 0.586. The molecule has 0 saturated heterocycles. The van der Waals surface area contributed by atoms with Crippen molar-refractivity contribution in [1.82, 2.24) is 9.36 Å². The smallest absolute Gasteiger partial charge is 0.149 e. The third kappa shape index (κ3) is 2.49. The molecule has 0 amide bonds. The van der Waals surface area contributed by atoms with Gasteiger partial charge < -0.3 is 11.1 Å². The Balaban J connectivity index is 1.77. The molecule has 0 radical (unpaired) electrons. The fourth-order valence-electron chi connectivity index (χ4n) is 1.89. The van der Waals surface area contributed by atoms with Crippen LogP contribution in [-0.4, -0.2) is 15.9 Å². The summed E-state index contributed by atoms with van der Waals surface area (Å²) in [5.41, 5.74) is 7.96. The van der Waals surface area contributed by atoms with Gasteiger partial charge in [0.2, 0.25) is 0 Å². The van der Waals surface area contributed by atoms with Gasteiger partial charge in [-0.3, -0.25) is 0 Å². The van der Waals surface area contributed by atoms with Gasteiger partial charge in [0.15, 0.2) is 0 Å². The average Bonchev–Trinajstić information content (AvgIpc) is 2.96. The van der Waals surface area contributed by atoms with Crippen LogP contribution in [0.15, 0.2) is 5.38 Å². The molecule has 0 unspecified atom stereocenters. The molecule has 6 heteroatoms. The van der Waals surface area contributed by atoms with E-state index >= 15 is 0 Å². The van der Waals surface area contributed by atoms with E-state index in [4.69, 9.17) is 5.73 Å². The van der Waals surface area contributed by atoms with Crippen molar-refractivity contribution in [3.05, 3.63) is 11.1 Å². The normalized spacial score (nSPS) is 14.9. The molecule has 2 heterocycles. The van der Waals surface area contributed by atoms with E-state index in [2.05, 4.69) is 14.7 Å². The van der Waals surface area contributed by atoms with Crippen molar-refractivity contribution in [2.45, 2.75) is 26.2 Å². The van der Waals surface area contributed by atoms with Gasteiger partial charge in [0.05, 0.1) is 5.56 Å². The van der Waals surface area contributed by atoms with Gasteiger partial charge in [0.1, 0.15) is 15.8 Å². The van der Waals surface area contributed by atoms with Crippen LogP contribution in [0, 0.1) is 12.8 Å². The molecule has 1 aliphatic carbocycles. The number of hydrogen-bond acceptors (Lipinski definition) is 6. The summed E-state index contributed by atoms with van der Waals surface area (Å²) in [7, 11) is 0. The van der Waals surface area contributed by atoms with Crippen molar-refractivity contribution in [2.24, 2.45) is 5.92 Å². The molecule has 2 aromatic heterocycles. The molecular weight excluding hydrogens is 264 g/mol. The molecule has 1 aliphatic rings. The van der Waals surface area contributed by atoms with Crippen LogP contribution in [-0.2, 0) is 0 Å². The van der Waals surface area contributed by atoms with Gasteiger partial charge in [-0.15, -0.1) is 11.3 Å². The lowest BCUT2D eigenvalue weighted by Crippen LogP contribution is -2.02. The second-order valence-corrected chi connectivity index (χ2v) is 6.36. The SMILES string of the molecule is Cc1csc(-c2c(N)nsc2NCCC2CC2)n1. The fourth-order valence-corrected chi connectivity index (χ4v) is 3.56. The Kier molecular flexibility index (Phi) is 3.22. The van der Waals surface area contributed by atoms with E-state index < -0.39 is 0 Å². The first kappa shape index (κ1) is 11.9. The monoisotopic (exact) mass is 280 g/mol. The lowest BCUT2D eigenvalue weighted by atomic mass is 10.3. The Morgan fingerprint density at radius 1 is 1.50 bits per heavy atom. The highest BCUT2D eigenvalue weighted by atomic mass is 32.1. The second-order valence-electron chi connectivity index (χ2n) is 4.72. The van der Waals surface area contributed by atoms with Crippen LogP contribution in [0.2, 0.25) is 0 Å². The molecule has 3 N–H and O–H groups in total. The summed E-state index contributed by atoms with van der Waals surface area (Å²) in [5, 5.41) is 7.52. The van der Waals surface area contributed by atoms with Gasteiger partial charge in [-0.25, -0.2) is 4.98 Å². The summed E-state index contributed by atoms with van der Waals surface area (Å²) < 4.78 is 4.24. The van der Waals surface area contributed by atoms with Crippen LogP contribution >= 0.6 is 22.9 Å². The lowest BCUT2D eigenvalue weighted by molar-refractivity contribution is 0.761. The minimum absolute atomic E-state index is 0.586. The maximum absolute atomic E-state index is 5.95. The Hall–Kier alpha value is -1.14. The van der Waals surface area contributed by atoms with Crippen molar-refractivity contribution in [3.63, 3.8) is 0 Å². The van der Waals surface area contributed by atoms with Crippen LogP contribution in [0.3, 0.4) is 0 Å². The summed E-state index contributed by atoms with van der Waals surface area (Å²) in [6, 6.07) is 0. The summed E-state index contributed by atoms with van der Waals surface area (Å²) in [4.78, 5) is 4.50. The highest BCUT2D eigenvalue weighted by Gasteiger charge is 2.21. The quantitative estimate of drug-likeness (QED) is 0.881. The molecule has 4 nitrogen and oxygen atoms in total. The van der Waals surface area contributed by atoms with Crippen molar-refractivity contribution in [3.8, 4) is 10.6 Å². The Morgan fingerprint density at radius 2 is 2.33 bits per heavy atom. The molecule has 0 aromatic carbocycles. The van der Waals surface area contributed by atoms with Crippen LogP contribution < -0.4 is 11.1 Å². The first-order valence-electron chi connectivity index (χ1n) is 6.15. The largest absolute Gasteiger partial charge is 0.382 e. The molecule has 0 bridgehead atoms. The van der Waals surface area contributed by atoms with E-state index in [0.29, 0.717) is 5.82 Å². The average molecular weight is 280 g/mol. The first-order valence-corrected chi connectivity index (χ1v) is 7.81. The van der Waals surface area contributed by atoms with Gasteiger partial charge in [-0.1, -0.05) is 12.8 Å². The number of thiazole rings is 1. The van der Waals surface area contributed by atoms with E-state index in [-0.39, 0.29) is 0 Å². The van der Waals surface area contributed by atoms with E-state index in [0.717, 1.165) is 33.7 Å². The predicted octanol–water partition coefficient (Wildman–Crippen LogP) is 3.37. The Labute approximate surface area is 114 Å². The zero-order valence-corrected chi connectivity index (χ0v) is 11.9. The van der Waals surface area contributed by atoms with Gasteiger partial charge in [0, 0.05) is 17.6 Å². The second kappa shape index (κ2) is 4.85. The zero-order chi connectivity index (χ0) is 12.5. The Morgan fingerprint density at radius 3 is 3.00 bits per heavy atom. The van der Waals surface area contributed by atoms with Crippen LogP contribution in [0.5, 0.6) is 0 Å². The number of nitrogens with two attached hydrogens (primary N) is 1. The maximum Gasteiger partial charge on any atom is 0.149 e. The minimum Gasteiger partial charge on any atom is -0.382 e. The maximum atomic E-state index is 5.95. The van der Waals surface area contributed by atoms with E-state index in [1.165, 1.54) is 30.8 Å². The highest BCUT2D eigenvalue weighted by Crippen LogP contribution is 2.39. The zero-order valence-electron chi connectivity index (χ0n) is 10.3. The molecule has 2 aromatic rings. The number of aryl methyl sites for hydroxylation is 1. The number of nitrogen functional groups attached to an aromatic ring is 1. The molecule has 0 aliphatic heterocycles. The van der Waals surface area contributed by atoms with Gasteiger partial charge in [-0.05, 0) is 30.8 Å². The molecule has 1 saturated carbocycles. The number of nitrogens with zero attached hydrogens (tertiary/aromatic N) is 2. The summed E-state index contributed by atoms with van der Waals surface area (Å²) >= 11 is 3.06. The standard InChI is InChI=1S/C12H16N4S2/c1-7-6-17-12(15-7)9-10(13)16-18-11(9)14-5-4-8-2-3-8/h6,8,14H,2-5H2,1H3,(H2,13,16). The van der Waals surface area contributed by atoms with Crippen molar-refractivity contribution in [1.29, 1.82) is 0 Å². The number of hydrogen-bond donors (Lipinski definition) is 2. The van der Waals surface area contributed by atoms with Gasteiger partial charge in [0.25, 0.3) is 0 Å². The van der Waals surface area contributed by atoms with E-state index in [9.17, 15) is 0 Å². The first-order chi connectivity index (χ1) is 8.74. The van der Waals surface area contributed by atoms with Crippen molar-refractivity contribution in [2.75, 3.05) is 17.6 Å². The molecule has 18 heavy (non-hydrogen) atoms. The van der Waals surface area contributed by atoms with Gasteiger partial charge >= 0.3 is 0 Å². The van der Waals surface area contributed by atoms with Crippen molar-refractivity contribution >= 4 is 33.7 Å². The number of aromatic nitrogens is 2. The highest BCUT2D eigenvalue weighted by molar-refractivity contribution is 7.15. The molecule has 3 rings (SSSR count). The molecule has 96 valence electrons. The van der Waals surface area contributed by atoms with Crippen LogP contribution in [0.4, 0.5) is 10.8 Å². The third-order valence-corrected chi connectivity index (χ3v) is 4.88. The number of nitrogens with one attached hydrogen (secondary N) is 1. The number of anilines is 2. The predicted molar refractivity (Wildman–Crippen MR) is 78.2 cm³/mol. The van der Waals surface area contributed by atoms with Crippen LogP contribution in [0.25, 0.3) is 10.6 Å². The number of rotatable bonds is 5. The Bertz CT molecular complexity index is 542. The topological polar surface area (TPSA) is 63.8 Å². The summed E-state index contributed by atoms with van der Waals surface area (Å²) in [6.45, 7) is 3.00. The van der Waals surface area contributed by atoms with E-state index in [1.54, 1.807) is 11.3 Å². The molecule has 0 atom stereocenters. The van der Waals surface area contributed by atoms with Crippen LogP contribution in [0.1, 0.15) is 25.0 Å². The van der Waals surface area contributed by atoms with Gasteiger partial charge in [-0.2, -0.15) is 4.37 Å². The lowest BCUT2D eigenvalue weighted by Gasteiger charge is -2.04. The fraction of sp³-hybridized carbons (Fsp3) is 0.500. The molecular formula is C12H16N4S2. The third-order valence-electron chi connectivity index (χ3n) is 3.09. The van der Waals surface area contributed by atoms with E-state index in [1.807, 2.05) is 12.3 Å².